The summed E-state index contributed by atoms with van der Waals surface area (Å²) in [5.74, 6) is 0. The van der Waals surface area contributed by atoms with E-state index in [-0.39, 0.29) is 0 Å². The fourth-order valence-electron chi connectivity index (χ4n) is 0.674. The van der Waals surface area contributed by atoms with E-state index in [4.69, 9.17) is 0 Å². The summed E-state index contributed by atoms with van der Waals surface area (Å²) in [5, 5.41) is 0. The van der Waals surface area contributed by atoms with Gasteiger partial charge < -0.3 is 0 Å². The molecule has 0 aliphatic rings. The molecule has 47 valence electrons. The van der Waals surface area contributed by atoms with Crippen molar-refractivity contribution < 1.29 is 0 Å². The minimum atomic E-state index is 1.00. The van der Waals surface area contributed by atoms with Crippen LogP contribution in [0.3, 0.4) is 0 Å². The lowest BCUT2D eigenvalue weighted by Crippen LogP contribution is -1.87. The van der Waals surface area contributed by atoms with Crippen LogP contribution >= 0.6 is 0 Å². The van der Waals surface area contributed by atoms with Crippen molar-refractivity contribution >= 4 is 0 Å². The van der Waals surface area contributed by atoms with E-state index in [1.165, 1.54) is 0 Å². The monoisotopic (exact) mass is 121 g/mol. The normalized spacial score (nSPS) is 9.44. The largest absolute Gasteiger partial charge is 0.260 e. The van der Waals surface area contributed by atoms with Crippen LogP contribution in [0.5, 0.6) is 0 Å². The van der Waals surface area contributed by atoms with E-state index in [0.717, 1.165) is 18.5 Å². The first-order chi connectivity index (χ1) is 4.43. The Morgan fingerprint density at radius 1 is 1.67 bits per heavy atom. The van der Waals surface area contributed by atoms with Crippen LogP contribution in [-0.4, -0.2) is 9.97 Å². The Kier molecular flexibility index (Phi) is 2.19. The fourth-order valence-corrected chi connectivity index (χ4v) is 0.674. The second-order valence-electron chi connectivity index (χ2n) is 1.89. The Morgan fingerprint density at radius 2 is 2.56 bits per heavy atom. The molecule has 1 radical (unpaired) electrons. The first-order valence-corrected chi connectivity index (χ1v) is 3.10. The van der Waals surface area contributed by atoms with Gasteiger partial charge in [-0.2, -0.15) is 0 Å². The van der Waals surface area contributed by atoms with Crippen LogP contribution in [-0.2, 0) is 6.42 Å². The standard InChI is InChI=1S/C7H9N2/c1-2-3-7-6-8-4-5-9-7/h4,6H,2-3H2,1H3. The van der Waals surface area contributed by atoms with Crippen LogP contribution in [0.4, 0.5) is 0 Å². The quantitative estimate of drug-likeness (QED) is 0.588. The third kappa shape index (κ3) is 1.80. The van der Waals surface area contributed by atoms with Gasteiger partial charge in [-0.05, 0) is 6.42 Å². The van der Waals surface area contributed by atoms with E-state index in [1.807, 2.05) is 0 Å². The number of aromatic nitrogens is 2. The van der Waals surface area contributed by atoms with Crippen LogP contribution in [0.2, 0.25) is 0 Å². The molecule has 1 heterocycles. The van der Waals surface area contributed by atoms with Crippen LogP contribution in [0, 0.1) is 6.20 Å². The summed E-state index contributed by atoms with van der Waals surface area (Å²) in [4.78, 5) is 7.87. The highest BCUT2D eigenvalue weighted by Gasteiger charge is 1.87. The molecule has 2 heteroatoms. The van der Waals surface area contributed by atoms with Gasteiger partial charge in [0.2, 0.25) is 0 Å². The van der Waals surface area contributed by atoms with Crippen LogP contribution in [0.1, 0.15) is 19.0 Å². The zero-order valence-electron chi connectivity index (χ0n) is 5.46. The molecule has 1 rings (SSSR count). The predicted octanol–water partition coefficient (Wildman–Crippen LogP) is 1.23. The lowest BCUT2D eigenvalue weighted by atomic mass is 10.3. The van der Waals surface area contributed by atoms with E-state index in [1.54, 1.807) is 12.4 Å². The second kappa shape index (κ2) is 3.17. The molecule has 0 saturated carbocycles. The molecular weight excluding hydrogens is 112 g/mol. The van der Waals surface area contributed by atoms with Crippen LogP contribution in [0.25, 0.3) is 0 Å². The van der Waals surface area contributed by atoms with Crippen molar-refractivity contribution in [2.24, 2.45) is 0 Å². The average Bonchev–Trinajstić information content (AvgIpc) is 1.91. The minimum Gasteiger partial charge on any atom is -0.260 e. The summed E-state index contributed by atoms with van der Waals surface area (Å²) in [6.07, 6.45) is 8.15. The van der Waals surface area contributed by atoms with E-state index < -0.39 is 0 Å². The van der Waals surface area contributed by atoms with Crippen molar-refractivity contribution in [3.05, 3.63) is 24.3 Å². The molecule has 0 atom stereocenters. The van der Waals surface area contributed by atoms with Gasteiger partial charge in [0.25, 0.3) is 0 Å². The summed E-state index contributed by atoms with van der Waals surface area (Å²) in [6.45, 7) is 2.12. The van der Waals surface area contributed by atoms with Crippen molar-refractivity contribution in [2.45, 2.75) is 19.8 Å². The highest BCUT2D eigenvalue weighted by molar-refractivity contribution is 4.92. The van der Waals surface area contributed by atoms with Crippen LogP contribution < -0.4 is 0 Å². The molecule has 0 bridgehead atoms. The third-order valence-corrected chi connectivity index (χ3v) is 1.07. The molecule has 0 amide bonds. The molecule has 1 aromatic heterocycles. The molecule has 0 fully saturated rings. The van der Waals surface area contributed by atoms with Gasteiger partial charge >= 0.3 is 0 Å². The van der Waals surface area contributed by atoms with Gasteiger partial charge in [0.1, 0.15) is 6.20 Å². The van der Waals surface area contributed by atoms with E-state index in [2.05, 4.69) is 23.1 Å². The molecule has 0 unspecified atom stereocenters. The number of rotatable bonds is 2. The number of hydrogen-bond donors (Lipinski definition) is 0. The van der Waals surface area contributed by atoms with Crippen molar-refractivity contribution in [2.75, 3.05) is 0 Å². The van der Waals surface area contributed by atoms with Crippen molar-refractivity contribution in [3.63, 3.8) is 0 Å². The SMILES string of the molecule is CCCc1cnc[c]n1. The average molecular weight is 121 g/mol. The summed E-state index contributed by atoms with van der Waals surface area (Å²) in [7, 11) is 0. The van der Waals surface area contributed by atoms with Gasteiger partial charge in [-0.1, -0.05) is 13.3 Å². The summed E-state index contributed by atoms with van der Waals surface area (Å²) >= 11 is 0. The molecule has 0 aromatic carbocycles. The van der Waals surface area contributed by atoms with Crippen LogP contribution in [0.15, 0.2) is 12.4 Å². The van der Waals surface area contributed by atoms with Gasteiger partial charge in [-0.15, -0.1) is 0 Å². The maximum absolute atomic E-state index is 3.98. The Bertz CT molecular complexity index is 160. The molecule has 9 heavy (non-hydrogen) atoms. The number of nitrogens with zero attached hydrogens (tertiary/aromatic N) is 2. The smallest absolute Gasteiger partial charge is 0.109 e. The third-order valence-electron chi connectivity index (χ3n) is 1.07. The van der Waals surface area contributed by atoms with Gasteiger partial charge in [0.15, 0.2) is 0 Å². The molecule has 0 aliphatic heterocycles. The first-order valence-electron chi connectivity index (χ1n) is 3.10. The van der Waals surface area contributed by atoms with Crippen molar-refractivity contribution in [3.8, 4) is 0 Å². The van der Waals surface area contributed by atoms with Gasteiger partial charge in [0.05, 0.1) is 11.9 Å². The highest BCUT2D eigenvalue weighted by Crippen LogP contribution is 1.93. The van der Waals surface area contributed by atoms with Gasteiger partial charge in [-0.3, -0.25) is 4.98 Å². The lowest BCUT2D eigenvalue weighted by molar-refractivity contribution is 0.869. The van der Waals surface area contributed by atoms with E-state index >= 15 is 0 Å². The zero-order valence-corrected chi connectivity index (χ0v) is 5.46. The van der Waals surface area contributed by atoms with Gasteiger partial charge in [0, 0.05) is 6.20 Å². The topological polar surface area (TPSA) is 25.8 Å². The van der Waals surface area contributed by atoms with E-state index in [9.17, 15) is 0 Å². The molecule has 1 aromatic rings. The highest BCUT2D eigenvalue weighted by atomic mass is 14.8. The fraction of sp³-hybridized carbons (Fsp3) is 0.429. The maximum atomic E-state index is 3.98. The Balaban J connectivity index is 2.61. The van der Waals surface area contributed by atoms with E-state index in [0.29, 0.717) is 0 Å². The summed E-state index contributed by atoms with van der Waals surface area (Å²) in [6, 6.07) is 0. The Labute approximate surface area is 55.0 Å². The first kappa shape index (κ1) is 6.20. The predicted molar refractivity (Wildman–Crippen MR) is 34.9 cm³/mol. The lowest BCUT2D eigenvalue weighted by Gasteiger charge is -1.91. The van der Waals surface area contributed by atoms with Gasteiger partial charge in [-0.25, -0.2) is 4.98 Å². The zero-order chi connectivity index (χ0) is 6.53. The molecular formula is C7H9N2. The van der Waals surface area contributed by atoms with Crippen molar-refractivity contribution in [1.29, 1.82) is 0 Å². The maximum Gasteiger partial charge on any atom is 0.109 e. The molecule has 0 saturated heterocycles. The molecule has 0 spiro atoms. The second-order valence-corrected chi connectivity index (χ2v) is 1.89. The minimum absolute atomic E-state index is 1.00. The number of hydrogen-bond acceptors (Lipinski definition) is 2. The number of aryl methyl sites for hydroxylation is 1. The summed E-state index contributed by atoms with van der Waals surface area (Å²) in [5.41, 5.74) is 1.03. The molecule has 2 nitrogen and oxygen atoms in total. The van der Waals surface area contributed by atoms with Crippen molar-refractivity contribution in [1.82, 2.24) is 9.97 Å². The summed E-state index contributed by atoms with van der Waals surface area (Å²) < 4.78 is 0. The Hall–Kier alpha value is -0.920. The molecule has 0 aliphatic carbocycles. The molecule has 0 N–H and O–H groups in total. The Morgan fingerprint density at radius 3 is 3.11 bits per heavy atom.